The molecule has 0 spiro atoms. The van der Waals surface area contributed by atoms with Gasteiger partial charge in [-0.05, 0) is 29.5 Å². The third-order valence-corrected chi connectivity index (χ3v) is 1.14. The highest BCUT2D eigenvalue weighted by Crippen LogP contribution is 2.26. The summed E-state index contributed by atoms with van der Waals surface area (Å²) in [5.74, 6) is 0.903. The predicted molar refractivity (Wildman–Crippen MR) is 76.2 cm³/mol. The van der Waals surface area contributed by atoms with Crippen LogP contribution in [0.3, 0.4) is 0 Å². The van der Waals surface area contributed by atoms with Crippen LogP contribution in [0.25, 0.3) is 0 Å². The first-order valence-electron chi connectivity index (χ1n) is 4.84. The van der Waals surface area contributed by atoms with Crippen molar-refractivity contribution in [1.82, 2.24) is 0 Å². The normalized spacial score (nSPS) is 11.2. The van der Waals surface area contributed by atoms with Gasteiger partial charge in [-0.1, -0.05) is 40.0 Å². The Morgan fingerprint density at radius 1 is 0.882 bits per heavy atom. The molecule has 0 bridgehead atoms. The number of hydrogen-bond acceptors (Lipinski definition) is 2. The fraction of sp³-hybridized carbons (Fsp3) is 1.00. The van der Waals surface area contributed by atoms with Crippen LogP contribution in [0.4, 0.5) is 0 Å². The van der Waals surface area contributed by atoms with E-state index in [0.717, 1.165) is 5.92 Å². The Balaban J connectivity index is -0.000000177. The van der Waals surface area contributed by atoms with Gasteiger partial charge in [0.25, 0.3) is 0 Å². The zero-order valence-corrected chi connectivity index (χ0v) is 13.5. The lowest BCUT2D eigenvalue weighted by molar-refractivity contribution is 0.361. The quantitative estimate of drug-likeness (QED) is 0.428. The second-order valence-electron chi connectivity index (χ2n) is 3.56. The third kappa shape index (κ3) is 151. The Morgan fingerprint density at radius 3 is 1.18 bits per heavy atom. The van der Waals surface area contributed by atoms with Gasteiger partial charge in [-0.3, -0.25) is 0 Å². The molecule has 17 heavy (non-hydrogen) atoms. The zero-order chi connectivity index (χ0) is 14.7. The van der Waals surface area contributed by atoms with Crippen LogP contribution in [0.15, 0.2) is 0 Å². The highest BCUT2D eigenvalue weighted by atomic mass is 32.5. The maximum atomic E-state index is 7.56. The van der Waals surface area contributed by atoms with Gasteiger partial charge in [-0.2, -0.15) is 0 Å². The van der Waals surface area contributed by atoms with Gasteiger partial charge in [0.15, 0.2) is 0 Å². The van der Waals surface area contributed by atoms with Crippen molar-refractivity contribution in [3.8, 4) is 0 Å². The molecular formula is C7H22O6P2S2. The van der Waals surface area contributed by atoms with Crippen LogP contribution < -0.4 is 0 Å². The van der Waals surface area contributed by atoms with Crippen molar-refractivity contribution < 1.29 is 29.4 Å². The van der Waals surface area contributed by atoms with E-state index in [-0.39, 0.29) is 0 Å². The minimum atomic E-state index is -3.81. The number of rotatable bonds is 3. The van der Waals surface area contributed by atoms with Crippen LogP contribution in [0.5, 0.6) is 0 Å². The zero-order valence-electron chi connectivity index (χ0n) is 10.1. The summed E-state index contributed by atoms with van der Waals surface area (Å²) in [4.78, 5) is 45.3. The molecule has 0 amide bonds. The van der Waals surface area contributed by atoms with E-state index in [1.165, 1.54) is 19.3 Å². The minimum Gasteiger partial charge on any atom is -0.325 e. The van der Waals surface area contributed by atoms with Crippen LogP contribution in [-0.2, 0) is 23.6 Å². The summed E-state index contributed by atoms with van der Waals surface area (Å²) in [6.45, 7) is -0.826. The largest absolute Gasteiger partial charge is 0.325 e. The van der Waals surface area contributed by atoms with Gasteiger partial charge in [-0.15, -0.1) is 0 Å². The fourth-order valence-corrected chi connectivity index (χ4v) is 0.612. The maximum absolute atomic E-state index is 7.56. The van der Waals surface area contributed by atoms with E-state index in [0.29, 0.717) is 0 Å². The lowest BCUT2D eigenvalue weighted by Crippen LogP contribution is -1.83. The summed E-state index contributed by atoms with van der Waals surface area (Å²) in [6.07, 6.45) is 4.15. The molecule has 0 rings (SSSR count). The molecule has 6 nitrogen and oxygen atoms in total. The van der Waals surface area contributed by atoms with Crippen LogP contribution >= 0.6 is 13.4 Å². The number of hydrogen-bond donors (Lipinski definition) is 6. The van der Waals surface area contributed by atoms with Gasteiger partial charge in [0.05, 0.1) is 0 Å². The molecule has 0 aliphatic carbocycles. The van der Waals surface area contributed by atoms with E-state index in [9.17, 15) is 0 Å². The molecule has 0 atom stereocenters. The highest BCUT2D eigenvalue weighted by Gasteiger charge is 1.92. The lowest BCUT2D eigenvalue weighted by Gasteiger charge is -1.98. The van der Waals surface area contributed by atoms with Crippen molar-refractivity contribution >= 4 is 37.1 Å². The molecule has 0 unspecified atom stereocenters. The molecule has 0 saturated heterocycles. The van der Waals surface area contributed by atoms with Gasteiger partial charge in [-0.25, -0.2) is 0 Å². The van der Waals surface area contributed by atoms with E-state index in [1.807, 2.05) is 0 Å². The van der Waals surface area contributed by atoms with Gasteiger partial charge in [0.1, 0.15) is 0 Å². The van der Waals surface area contributed by atoms with Crippen molar-refractivity contribution in [2.24, 2.45) is 5.92 Å². The molecular weight excluding hydrogens is 306 g/mol. The Kier molecular flexibility index (Phi) is 16.5. The fourth-order valence-electron chi connectivity index (χ4n) is 0.612. The average Bonchev–Trinajstić information content (AvgIpc) is 1.93. The van der Waals surface area contributed by atoms with Gasteiger partial charge in [0.2, 0.25) is 0 Å². The summed E-state index contributed by atoms with van der Waals surface area (Å²) in [5.41, 5.74) is 0. The predicted octanol–water partition coefficient (Wildman–Crippen LogP) is 1.21. The second-order valence-corrected chi connectivity index (χ2v) is 8.56. The average molecular weight is 328 g/mol. The molecule has 6 N–H and O–H groups in total. The lowest BCUT2D eigenvalue weighted by atomic mass is 10.1. The molecule has 0 aromatic rings. The molecule has 10 heteroatoms. The molecule has 0 aromatic carbocycles. The molecule has 0 heterocycles. The van der Waals surface area contributed by atoms with Crippen molar-refractivity contribution in [1.29, 1.82) is 0 Å². The molecule has 0 radical (unpaired) electrons. The SMILES string of the molecule is CCCCC(C)C.OP(O)(O)=S.OP(O)(O)=S. The van der Waals surface area contributed by atoms with E-state index in [1.54, 1.807) is 0 Å². The van der Waals surface area contributed by atoms with Crippen LogP contribution in [-0.4, -0.2) is 29.4 Å². The Morgan fingerprint density at radius 2 is 1.12 bits per heavy atom. The van der Waals surface area contributed by atoms with E-state index < -0.39 is 13.4 Å². The first kappa shape index (κ1) is 23.2. The van der Waals surface area contributed by atoms with Gasteiger partial charge >= 0.3 is 13.4 Å². The summed E-state index contributed by atoms with van der Waals surface area (Å²) < 4.78 is 0. The maximum Gasteiger partial charge on any atom is 0.319 e. The highest BCUT2D eigenvalue weighted by molar-refractivity contribution is 8.06. The summed E-state index contributed by atoms with van der Waals surface area (Å²) in [5, 5.41) is 0. The van der Waals surface area contributed by atoms with E-state index in [2.05, 4.69) is 44.4 Å². The minimum absolute atomic E-state index is 0.903. The Labute approximate surface area is 112 Å². The van der Waals surface area contributed by atoms with Crippen molar-refractivity contribution in [2.75, 3.05) is 0 Å². The molecule has 0 fully saturated rings. The van der Waals surface area contributed by atoms with Crippen molar-refractivity contribution in [3.63, 3.8) is 0 Å². The van der Waals surface area contributed by atoms with Gasteiger partial charge < -0.3 is 29.4 Å². The molecule has 0 aromatic heterocycles. The number of unbranched alkanes of at least 4 members (excludes halogenated alkanes) is 1. The second kappa shape index (κ2) is 12.1. The first-order valence-corrected chi connectivity index (χ1v) is 10.2. The van der Waals surface area contributed by atoms with Crippen LogP contribution in [0.1, 0.15) is 40.0 Å². The molecule has 0 aliphatic rings. The Hall–Kier alpha value is 1.06. The van der Waals surface area contributed by atoms with Crippen LogP contribution in [0, 0.1) is 5.92 Å². The van der Waals surface area contributed by atoms with Crippen molar-refractivity contribution in [3.05, 3.63) is 0 Å². The molecule has 108 valence electrons. The van der Waals surface area contributed by atoms with E-state index >= 15 is 0 Å². The standard InChI is InChI=1S/C7H16.2H3O3PS/c1-4-5-6-7(2)3;2*1-4(2,3)5/h7H,4-6H2,1-3H3;2*(H3,1,2,3,5). The Bertz CT molecular complexity index is 212. The molecule has 0 saturated carbocycles. The summed E-state index contributed by atoms with van der Waals surface area (Å²) >= 11 is 7.21. The monoisotopic (exact) mass is 328 g/mol. The topological polar surface area (TPSA) is 121 Å². The van der Waals surface area contributed by atoms with Crippen LogP contribution in [0.2, 0.25) is 0 Å². The molecule has 0 aliphatic heterocycles. The third-order valence-electron chi connectivity index (χ3n) is 1.14. The smallest absolute Gasteiger partial charge is 0.319 e. The summed E-state index contributed by atoms with van der Waals surface area (Å²) in [7, 11) is 0. The van der Waals surface area contributed by atoms with Gasteiger partial charge in [0, 0.05) is 0 Å². The summed E-state index contributed by atoms with van der Waals surface area (Å²) in [6, 6.07) is 0. The van der Waals surface area contributed by atoms with Crippen molar-refractivity contribution in [2.45, 2.75) is 40.0 Å². The first-order chi connectivity index (χ1) is 7.27. The van der Waals surface area contributed by atoms with E-state index in [4.69, 9.17) is 29.4 Å².